The summed E-state index contributed by atoms with van der Waals surface area (Å²) in [5.74, 6) is -0.795. The Kier molecular flexibility index (Phi) is 3.97. The number of amides is 1. The lowest BCUT2D eigenvalue weighted by Gasteiger charge is -2.16. The number of imidazole rings is 1. The van der Waals surface area contributed by atoms with Gasteiger partial charge in [0.05, 0.1) is 11.5 Å². The van der Waals surface area contributed by atoms with E-state index < -0.39 is 22.3 Å². The van der Waals surface area contributed by atoms with Crippen LogP contribution in [0.3, 0.4) is 0 Å². The fraction of sp³-hybridized carbons (Fsp3) is 0.231. The Morgan fingerprint density at radius 3 is 2.76 bits per heavy atom. The fourth-order valence-electron chi connectivity index (χ4n) is 1.84. The summed E-state index contributed by atoms with van der Waals surface area (Å²) in [6.07, 6.45) is 3.36. The van der Waals surface area contributed by atoms with Crippen LogP contribution < -0.4 is 0 Å². The molecule has 0 atom stereocenters. The van der Waals surface area contributed by atoms with Gasteiger partial charge in [-0.05, 0) is 12.1 Å². The number of carbonyl (C=O) groups is 1. The minimum absolute atomic E-state index is 0.0507. The van der Waals surface area contributed by atoms with Gasteiger partial charge in [0.15, 0.2) is 0 Å². The molecule has 1 heterocycles. The minimum atomic E-state index is -1.03. The summed E-state index contributed by atoms with van der Waals surface area (Å²) in [5.41, 5.74) is -0.604. The van der Waals surface area contributed by atoms with Gasteiger partial charge in [0.25, 0.3) is 5.91 Å². The number of hydrogen-bond acceptors (Lipinski definition) is 4. The molecule has 1 aromatic heterocycles. The van der Waals surface area contributed by atoms with E-state index in [1.807, 2.05) is 0 Å². The van der Waals surface area contributed by atoms with Gasteiger partial charge in [0.1, 0.15) is 5.82 Å². The summed E-state index contributed by atoms with van der Waals surface area (Å²) in [6.45, 7) is 0.251. The van der Waals surface area contributed by atoms with Crippen LogP contribution in [0.2, 0.25) is 0 Å². The van der Waals surface area contributed by atoms with Crippen LogP contribution in [-0.2, 0) is 13.6 Å². The first kappa shape index (κ1) is 14.6. The molecule has 2 rings (SSSR count). The van der Waals surface area contributed by atoms with Crippen molar-refractivity contribution in [1.82, 2.24) is 14.5 Å². The molecule has 8 heteroatoms. The van der Waals surface area contributed by atoms with E-state index in [1.54, 1.807) is 31.1 Å². The van der Waals surface area contributed by atoms with E-state index in [0.29, 0.717) is 5.82 Å². The average Bonchev–Trinajstić information content (AvgIpc) is 2.82. The zero-order valence-corrected chi connectivity index (χ0v) is 11.5. The summed E-state index contributed by atoms with van der Waals surface area (Å²) in [4.78, 5) is 27.3. The molecule has 2 aromatic rings. The third-order valence-electron chi connectivity index (χ3n) is 3.04. The van der Waals surface area contributed by atoms with E-state index in [1.165, 1.54) is 11.0 Å². The molecule has 0 unspecified atom stereocenters. The number of nitro groups is 1. The number of benzene rings is 1. The van der Waals surface area contributed by atoms with Crippen molar-refractivity contribution in [2.45, 2.75) is 6.54 Å². The van der Waals surface area contributed by atoms with Crippen LogP contribution >= 0.6 is 0 Å². The Balaban J connectivity index is 2.18. The van der Waals surface area contributed by atoms with Gasteiger partial charge in [0.2, 0.25) is 5.82 Å². The molecule has 0 N–H and O–H groups in total. The van der Waals surface area contributed by atoms with Crippen LogP contribution in [0, 0.1) is 15.9 Å². The first-order valence-corrected chi connectivity index (χ1v) is 6.05. The number of carbonyl (C=O) groups excluding carboxylic acids is 1. The maximum Gasteiger partial charge on any atom is 0.304 e. The largest absolute Gasteiger partial charge is 0.337 e. The standard InChI is InChI=1S/C13H13FN4O3/c1-16-6-5-15-12(16)8-17(2)13(19)9-3-4-11(18(20)21)10(14)7-9/h3-7H,8H2,1-2H3. The highest BCUT2D eigenvalue weighted by atomic mass is 19.1. The van der Waals surface area contributed by atoms with Crippen molar-refractivity contribution in [3.05, 3.63) is 57.9 Å². The molecule has 0 bridgehead atoms. The first-order chi connectivity index (χ1) is 9.90. The molecule has 0 saturated carbocycles. The number of rotatable bonds is 4. The van der Waals surface area contributed by atoms with Gasteiger partial charge in [-0.2, -0.15) is 4.39 Å². The molecule has 7 nitrogen and oxygen atoms in total. The number of halogens is 1. The summed E-state index contributed by atoms with van der Waals surface area (Å²) >= 11 is 0. The highest BCUT2D eigenvalue weighted by Gasteiger charge is 2.19. The maximum absolute atomic E-state index is 13.5. The van der Waals surface area contributed by atoms with E-state index in [-0.39, 0.29) is 12.1 Å². The Bertz CT molecular complexity index is 698. The van der Waals surface area contributed by atoms with Crippen molar-refractivity contribution in [2.24, 2.45) is 7.05 Å². The number of nitrogens with zero attached hydrogens (tertiary/aromatic N) is 4. The van der Waals surface area contributed by atoms with Crippen LogP contribution in [0.4, 0.5) is 10.1 Å². The predicted octanol–water partition coefficient (Wildman–Crippen LogP) is 1.74. The smallest absolute Gasteiger partial charge is 0.304 e. The van der Waals surface area contributed by atoms with Crippen molar-refractivity contribution in [3.63, 3.8) is 0 Å². The van der Waals surface area contributed by atoms with Gasteiger partial charge in [-0.3, -0.25) is 14.9 Å². The highest BCUT2D eigenvalue weighted by molar-refractivity contribution is 5.94. The van der Waals surface area contributed by atoms with Gasteiger partial charge in [-0.1, -0.05) is 0 Å². The van der Waals surface area contributed by atoms with Crippen molar-refractivity contribution < 1.29 is 14.1 Å². The number of hydrogen-bond donors (Lipinski definition) is 0. The number of nitro benzene ring substituents is 1. The van der Waals surface area contributed by atoms with Gasteiger partial charge in [0, 0.05) is 38.1 Å². The molecule has 0 radical (unpaired) electrons. The van der Waals surface area contributed by atoms with E-state index in [9.17, 15) is 19.3 Å². The minimum Gasteiger partial charge on any atom is -0.337 e. The topological polar surface area (TPSA) is 81.3 Å². The molecule has 1 aromatic carbocycles. The third-order valence-corrected chi connectivity index (χ3v) is 3.04. The van der Waals surface area contributed by atoms with Crippen molar-refractivity contribution in [1.29, 1.82) is 0 Å². The van der Waals surface area contributed by atoms with Crippen molar-refractivity contribution in [3.8, 4) is 0 Å². The molecule has 0 saturated heterocycles. The van der Waals surface area contributed by atoms with Crippen LogP contribution in [0.25, 0.3) is 0 Å². The second-order valence-electron chi connectivity index (χ2n) is 4.54. The lowest BCUT2D eigenvalue weighted by Crippen LogP contribution is -2.27. The normalized spacial score (nSPS) is 10.4. The zero-order chi connectivity index (χ0) is 15.6. The molecule has 110 valence electrons. The maximum atomic E-state index is 13.5. The van der Waals surface area contributed by atoms with E-state index in [0.717, 1.165) is 12.1 Å². The summed E-state index contributed by atoms with van der Waals surface area (Å²) in [5, 5.41) is 10.5. The van der Waals surface area contributed by atoms with Crippen molar-refractivity contribution in [2.75, 3.05) is 7.05 Å². The van der Waals surface area contributed by atoms with E-state index in [4.69, 9.17) is 0 Å². The second-order valence-corrected chi connectivity index (χ2v) is 4.54. The third kappa shape index (κ3) is 3.04. The summed E-state index contributed by atoms with van der Waals surface area (Å²) in [7, 11) is 3.35. The highest BCUT2D eigenvalue weighted by Crippen LogP contribution is 2.19. The lowest BCUT2D eigenvalue weighted by molar-refractivity contribution is -0.387. The Morgan fingerprint density at radius 1 is 1.52 bits per heavy atom. The van der Waals surface area contributed by atoms with Crippen LogP contribution in [0.15, 0.2) is 30.6 Å². The second kappa shape index (κ2) is 5.70. The predicted molar refractivity (Wildman–Crippen MR) is 72.1 cm³/mol. The van der Waals surface area contributed by atoms with Crippen molar-refractivity contribution >= 4 is 11.6 Å². The molecule has 0 aliphatic heterocycles. The molecule has 0 spiro atoms. The lowest BCUT2D eigenvalue weighted by atomic mass is 10.1. The van der Waals surface area contributed by atoms with Crippen LogP contribution in [0.1, 0.15) is 16.2 Å². The summed E-state index contributed by atoms with van der Waals surface area (Å²) < 4.78 is 15.3. The average molecular weight is 292 g/mol. The SMILES string of the molecule is CN(Cc1nccn1C)C(=O)c1ccc([N+](=O)[O-])c(F)c1. The summed E-state index contributed by atoms with van der Waals surface area (Å²) in [6, 6.07) is 3.09. The fourth-order valence-corrected chi connectivity index (χ4v) is 1.84. The Morgan fingerprint density at radius 2 is 2.24 bits per heavy atom. The van der Waals surface area contributed by atoms with Crippen LogP contribution in [-0.4, -0.2) is 32.3 Å². The van der Waals surface area contributed by atoms with E-state index >= 15 is 0 Å². The zero-order valence-electron chi connectivity index (χ0n) is 11.5. The van der Waals surface area contributed by atoms with E-state index in [2.05, 4.69) is 4.98 Å². The Labute approximate surface area is 119 Å². The number of aromatic nitrogens is 2. The monoisotopic (exact) mass is 292 g/mol. The van der Waals surface area contributed by atoms with Gasteiger partial charge >= 0.3 is 5.69 Å². The quantitative estimate of drug-likeness (QED) is 0.635. The molecule has 0 fully saturated rings. The van der Waals surface area contributed by atoms with Crippen LogP contribution in [0.5, 0.6) is 0 Å². The molecule has 0 aliphatic rings. The van der Waals surface area contributed by atoms with Gasteiger partial charge in [-0.15, -0.1) is 0 Å². The molecule has 21 heavy (non-hydrogen) atoms. The molecular weight excluding hydrogens is 279 g/mol. The van der Waals surface area contributed by atoms with Gasteiger partial charge < -0.3 is 9.47 Å². The molecule has 0 aliphatic carbocycles. The molecule has 1 amide bonds. The molecular formula is C13H13FN4O3. The Hall–Kier alpha value is -2.77. The number of aryl methyl sites for hydroxylation is 1. The first-order valence-electron chi connectivity index (χ1n) is 6.05. The van der Waals surface area contributed by atoms with Gasteiger partial charge in [-0.25, -0.2) is 4.98 Å².